The molecule has 1 heterocycles. The second-order valence-electron chi connectivity index (χ2n) is 5.84. The first-order valence-electron chi connectivity index (χ1n) is 8.21. The number of amides is 2. The zero-order valence-corrected chi connectivity index (χ0v) is 15.3. The van der Waals surface area contributed by atoms with Crippen LogP contribution in [0.4, 0.5) is 11.4 Å². The third-order valence-corrected chi connectivity index (χ3v) is 4.04. The number of benzene rings is 2. The molecule has 0 aliphatic rings. The van der Waals surface area contributed by atoms with Crippen molar-refractivity contribution in [2.75, 3.05) is 10.6 Å². The molecule has 3 aromatic rings. The number of halogens is 1. The van der Waals surface area contributed by atoms with E-state index in [9.17, 15) is 9.59 Å². The maximum absolute atomic E-state index is 12.1. The van der Waals surface area contributed by atoms with Gasteiger partial charge < -0.3 is 15.1 Å². The SMILES string of the molecule is Cc1cc(NC(=O)C=Cc2ccc(Cl)cc2)ccc1NC(=O)c1ccco1. The molecule has 136 valence electrons. The lowest BCUT2D eigenvalue weighted by Gasteiger charge is -2.10. The predicted molar refractivity (Wildman–Crippen MR) is 107 cm³/mol. The molecule has 0 unspecified atom stereocenters. The Morgan fingerprint density at radius 3 is 2.48 bits per heavy atom. The Bertz CT molecular complexity index is 977. The van der Waals surface area contributed by atoms with Gasteiger partial charge in [-0.25, -0.2) is 0 Å². The second-order valence-corrected chi connectivity index (χ2v) is 6.27. The van der Waals surface area contributed by atoms with Gasteiger partial charge in [-0.3, -0.25) is 9.59 Å². The Hall–Kier alpha value is -3.31. The molecule has 0 fully saturated rings. The number of hydrogen-bond donors (Lipinski definition) is 2. The minimum absolute atomic E-state index is 0.235. The lowest BCUT2D eigenvalue weighted by molar-refractivity contribution is -0.111. The lowest BCUT2D eigenvalue weighted by Crippen LogP contribution is -2.12. The number of anilines is 2. The highest BCUT2D eigenvalue weighted by atomic mass is 35.5. The van der Waals surface area contributed by atoms with E-state index in [2.05, 4.69) is 10.6 Å². The van der Waals surface area contributed by atoms with Gasteiger partial charge >= 0.3 is 0 Å². The van der Waals surface area contributed by atoms with Crippen LogP contribution in [0, 0.1) is 6.92 Å². The molecule has 2 amide bonds. The molecule has 3 rings (SSSR count). The van der Waals surface area contributed by atoms with Gasteiger partial charge in [-0.1, -0.05) is 23.7 Å². The van der Waals surface area contributed by atoms with Gasteiger partial charge in [0.15, 0.2) is 5.76 Å². The van der Waals surface area contributed by atoms with Crippen LogP contribution in [0.15, 0.2) is 71.4 Å². The zero-order valence-electron chi connectivity index (χ0n) is 14.5. The summed E-state index contributed by atoms with van der Waals surface area (Å²) in [6, 6.07) is 15.7. The molecule has 0 radical (unpaired) electrons. The Kier molecular flexibility index (Phi) is 5.74. The maximum Gasteiger partial charge on any atom is 0.291 e. The summed E-state index contributed by atoms with van der Waals surface area (Å²) in [7, 11) is 0. The van der Waals surface area contributed by atoms with Crippen molar-refractivity contribution in [2.45, 2.75) is 6.92 Å². The zero-order chi connectivity index (χ0) is 19.2. The number of rotatable bonds is 5. The smallest absolute Gasteiger partial charge is 0.291 e. The highest BCUT2D eigenvalue weighted by Gasteiger charge is 2.10. The van der Waals surface area contributed by atoms with Gasteiger partial charge in [0, 0.05) is 22.5 Å². The molecule has 0 spiro atoms. The molecule has 0 aliphatic carbocycles. The molecule has 2 aromatic carbocycles. The average molecular weight is 381 g/mol. The Balaban J connectivity index is 1.62. The standard InChI is InChI=1S/C21H17ClN2O3/c1-14-13-17(9-10-18(14)24-21(26)19-3-2-12-27-19)23-20(25)11-6-15-4-7-16(22)8-5-15/h2-13H,1H3,(H,23,25)(H,24,26). The number of nitrogens with one attached hydrogen (secondary N) is 2. The van der Waals surface area contributed by atoms with Crippen molar-refractivity contribution in [3.63, 3.8) is 0 Å². The minimum Gasteiger partial charge on any atom is -0.459 e. The van der Waals surface area contributed by atoms with E-state index in [4.69, 9.17) is 16.0 Å². The summed E-state index contributed by atoms with van der Waals surface area (Å²) < 4.78 is 5.07. The van der Waals surface area contributed by atoms with E-state index in [0.29, 0.717) is 16.4 Å². The fourth-order valence-electron chi connectivity index (χ4n) is 2.40. The molecule has 1 aromatic heterocycles. The molecule has 0 saturated heterocycles. The fraction of sp³-hybridized carbons (Fsp3) is 0.0476. The van der Waals surface area contributed by atoms with Crippen LogP contribution < -0.4 is 10.6 Å². The van der Waals surface area contributed by atoms with Crippen LogP contribution in [0.3, 0.4) is 0 Å². The summed E-state index contributed by atoms with van der Waals surface area (Å²) in [5.41, 5.74) is 2.97. The molecule has 27 heavy (non-hydrogen) atoms. The van der Waals surface area contributed by atoms with E-state index in [1.165, 1.54) is 12.3 Å². The van der Waals surface area contributed by atoms with E-state index >= 15 is 0 Å². The van der Waals surface area contributed by atoms with E-state index in [1.807, 2.05) is 19.1 Å². The predicted octanol–water partition coefficient (Wildman–Crippen LogP) is 5.15. The van der Waals surface area contributed by atoms with Gasteiger partial charge in [-0.2, -0.15) is 0 Å². The first-order chi connectivity index (χ1) is 13.0. The molecular formula is C21H17ClN2O3. The molecular weight excluding hydrogens is 364 g/mol. The van der Waals surface area contributed by atoms with Crippen LogP contribution in [0.2, 0.25) is 5.02 Å². The quantitative estimate of drug-likeness (QED) is 0.601. The van der Waals surface area contributed by atoms with Crippen LogP contribution in [-0.2, 0) is 4.79 Å². The van der Waals surface area contributed by atoms with Crippen molar-refractivity contribution in [1.29, 1.82) is 0 Å². The van der Waals surface area contributed by atoms with Gasteiger partial charge in [-0.05, 0) is 66.6 Å². The summed E-state index contributed by atoms with van der Waals surface area (Å²) in [6.07, 6.45) is 4.60. The average Bonchev–Trinajstić information content (AvgIpc) is 3.18. The van der Waals surface area contributed by atoms with Crippen LogP contribution in [0.25, 0.3) is 6.08 Å². The monoisotopic (exact) mass is 380 g/mol. The highest BCUT2D eigenvalue weighted by molar-refractivity contribution is 6.30. The summed E-state index contributed by atoms with van der Waals surface area (Å²) >= 11 is 5.83. The Morgan fingerprint density at radius 2 is 1.81 bits per heavy atom. The van der Waals surface area contributed by atoms with Crippen LogP contribution in [0.1, 0.15) is 21.7 Å². The fourth-order valence-corrected chi connectivity index (χ4v) is 2.53. The van der Waals surface area contributed by atoms with Crippen molar-refractivity contribution in [3.05, 3.63) is 88.8 Å². The van der Waals surface area contributed by atoms with E-state index in [-0.39, 0.29) is 17.6 Å². The molecule has 6 heteroatoms. The first kappa shape index (κ1) is 18.5. The summed E-state index contributed by atoms with van der Waals surface area (Å²) in [5, 5.41) is 6.21. The number of carbonyl (C=O) groups is 2. The maximum atomic E-state index is 12.1. The van der Waals surface area contributed by atoms with Gasteiger partial charge in [0.1, 0.15) is 0 Å². The lowest BCUT2D eigenvalue weighted by atomic mass is 10.1. The van der Waals surface area contributed by atoms with Crippen molar-refractivity contribution >= 4 is 40.9 Å². The van der Waals surface area contributed by atoms with E-state index in [1.54, 1.807) is 48.5 Å². The van der Waals surface area contributed by atoms with Crippen LogP contribution >= 0.6 is 11.6 Å². The van der Waals surface area contributed by atoms with Crippen molar-refractivity contribution < 1.29 is 14.0 Å². The first-order valence-corrected chi connectivity index (χ1v) is 8.59. The third-order valence-electron chi connectivity index (χ3n) is 3.78. The minimum atomic E-state index is -0.328. The normalized spacial score (nSPS) is 10.7. The summed E-state index contributed by atoms with van der Waals surface area (Å²) in [5.74, 6) is -0.346. The van der Waals surface area contributed by atoms with E-state index < -0.39 is 0 Å². The molecule has 0 bridgehead atoms. The topological polar surface area (TPSA) is 71.3 Å². The van der Waals surface area contributed by atoms with Gasteiger partial charge in [0.25, 0.3) is 5.91 Å². The summed E-state index contributed by atoms with van der Waals surface area (Å²) in [4.78, 5) is 24.1. The van der Waals surface area contributed by atoms with Crippen LogP contribution in [0.5, 0.6) is 0 Å². The second kappa shape index (κ2) is 8.38. The molecule has 5 nitrogen and oxygen atoms in total. The Labute approximate surface area is 161 Å². The number of hydrogen-bond acceptors (Lipinski definition) is 3. The largest absolute Gasteiger partial charge is 0.459 e. The van der Waals surface area contributed by atoms with Gasteiger partial charge in [-0.15, -0.1) is 0 Å². The third kappa shape index (κ3) is 5.09. The number of aryl methyl sites for hydroxylation is 1. The van der Waals surface area contributed by atoms with Gasteiger partial charge in [0.05, 0.1) is 6.26 Å². The van der Waals surface area contributed by atoms with Crippen molar-refractivity contribution in [2.24, 2.45) is 0 Å². The van der Waals surface area contributed by atoms with Crippen LogP contribution in [-0.4, -0.2) is 11.8 Å². The van der Waals surface area contributed by atoms with E-state index in [0.717, 1.165) is 11.1 Å². The van der Waals surface area contributed by atoms with Crippen molar-refractivity contribution in [3.8, 4) is 0 Å². The Morgan fingerprint density at radius 1 is 1.04 bits per heavy atom. The summed E-state index contributed by atoms with van der Waals surface area (Å²) in [6.45, 7) is 1.84. The number of furan rings is 1. The number of carbonyl (C=O) groups excluding carboxylic acids is 2. The highest BCUT2D eigenvalue weighted by Crippen LogP contribution is 2.21. The van der Waals surface area contributed by atoms with Crippen molar-refractivity contribution in [1.82, 2.24) is 0 Å². The molecule has 2 N–H and O–H groups in total. The molecule has 0 aliphatic heterocycles. The molecule has 0 saturated carbocycles. The molecule has 0 atom stereocenters. The van der Waals surface area contributed by atoms with Gasteiger partial charge in [0.2, 0.25) is 5.91 Å².